The fourth-order valence-corrected chi connectivity index (χ4v) is 2.89. The zero-order valence-electron chi connectivity index (χ0n) is 18.3. The van der Waals surface area contributed by atoms with Crippen LogP contribution in [0.5, 0.6) is 11.5 Å². The number of alkyl halides is 3. The summed E-state index contributed by atoms with van der Waals surface area (Å²) < 4.78 is 48.1. The fraction of sp³-hybridized carbons (Fsp3) is 0.200. The highest BCUT2D eigenvalue weighted by Gasteiger charge is 2.28. The number of amides is 2. The Morgan fingerprint density at radius 2 is 1.53 bits per heavy atom. The Bertz CT molecular complexity index is 1120. The van der Waals surface area contributed by atoms with Crippen LogP contribution in [0.15, 0.2) is 72.8 Å². The van der Waals surface area contributed by atoms with E-state index in [-0.39, 0.29) is 12.2 Å². The maximum atomic E-state index is 12.3. The minimum Gasteiger partial charge on any atom is -0.489 e. The molecule has 178 valence electrons. The van der Waals surface area contributed by atoms with E-state index >= 15 is 0 Å². The Balaban J connectivity index is 1.50. The summed E-state index contributed by atoms with van der Waals surface area (Å²) in [5.74, 6) is -0.268. The fourth-order valence-electron chi connectivity index (χ4n) is 2.89. The lowest BCUT2D eigenvalue weighted by molar-refractivity contribution is -0.123. The first kappa shape index (κ1) is 24.6. The number of hydrogen-bond acceptors (Lipinski definition) is 4. The molecule has 2 amide bonds. The van der Waals surface area contributed by atoms with Crippen LogP contribution in [0.3, 0.4) is 0 Å². The topological polar surface area (TPSA) is 76.7 Å². The van der Waals surface area contributed by atoms with Gasteiger partial charge in [0, 0.05) is 11.3 Å². The Morgan fingerprint density at radius 3 is 2.18 bits per heavy atom. The number of anilines is 1. The van der Waals surface area contributed by atoms with Gasteiger partial charge in [0.1, 0.15) is 24.7 Å². The van der Waals surface area contributed by atoms with E-state index in [2.05, 4.69) is 5.32 Å². The minimum absolute atomic E-state index is 0.00263. The summed E-state index contributed by atoms with van der Waals surface area (Å²) in [5.41, 5.74) is 1.98. The zero-order chi connectivity index (χ0) is 24.6. The third-order valence-electron chi connectivity index (χ3n) is 4.67. The van der Waals surface area contributed by atoms with E-state index in [0.717, 1.165) is 5.56 Å². The molecule has 9 heteroatoms. The molecule has 0 bridgehead atoms. The summed E-state index contributed by atoms with van der Waals surface area (Å²) in [6.07, 6.45) is -4.51. The average Bonchev–Trinajstić information content (AvgIpc) is 2.82. The monoisotopic (exact) mass is 472 g/mol. The van der Waals surface area contributed by atoms with Gasteiger partial charge in [-0.1, -0.05) is 36.4 Å². The first-order chi connectivity index (χ1) is 16.2. The highest BCUT2D eigenvalue weighted by atomic mass is 19.4. The molecule has 2 N–H and O–H groups in total. The molecule has 0 aliphatic rings. The van der Waals surface area contributed by atoms with Crippen molar-refractivity contribution in [2.45, 2.75) is 19.7 Å². The number of carbonyl (C=O) groups excluding carboxylic acids is 2. The summed E-state index contributed by atoms with van der Waals surface area (Å²) in [5, 5.41) is 4.40. The number of ether oxygens (including phenoxy) is 2. The van der Waals surface area contributed by atoms with Crippen LogP contribution in [0.2, 0.25) is 0 Å². The number of carbonyl (C=O) groups is 2. The van der Waals surface area contributed by atoms with Crippen LogP contribution in [-0.4, -0.2) is 31.1 Å². The number of hydrogen-bond donors (Lipinski definition) is 2. The van der Waals surface area contributed by atoms with Gasteiger partial charge in [-0.05, 0) is 54.4 Å². The van der Waals surface area contributed by atoms with Gasteiger partial charge in [0.2, 0.25) is 0 Å². The number of nitrogens with one attached hydrogen (secondary N) is 2. The van der Waals surface area contributed by atoms with E-state index < -0.39 is 24.5 Å². The Morgan fingerprint density at radius 1 is 0.882 bits per heavy atom. The second-order valence-corrected chi connectivity index (χ2v) is 7.41. The van der Waals surface area contributed by atoms with Crippen molar-refractivity contribution in [1.29, 1.82) is 0 Å². The van der Waals surface area contributed by atoms with Crippen LogP contribution in [-0.2, 0) is 11.4 Å². The summed E-state index contributed by atoms with van der Waals surface area (Å²) in [6, 6.07) is 20.7. The highest BCUT2D eigenvalue weighted by Crippen LogP contribution is 2.20. The molecule has 0 saturated heterocycles. The molecule has 0 aromatic heterocycles. The normalized spacial score (nSPS) is 10.9. The third-order valence-corrected chi connectivity index (χ3v) is 4.67. The maximum Gasteiger partial charge on any atom is 0.405 e. The minimum atomic E-state index is -4.51. The van der Waals surface area contributed by atoms with Gasteiger partial charge in [-0.25, -0.2) is 0 Å². The van der Waals surface area contributed by atoms with E-state index in [1.807, 2.05) is 30.3 Å². The van der Waals surface area contributed by atoms with Crippen molar-refractivity contribution >= 4 is 17.5 Å². The molecule has 3 aromatic carbocycles. The lowest BCUT2D eigenvalue weighted by atomic mass is 10.1. The van der Waals surface area contributed by atoms with E-state index in [0.29, 0.717) is 29.4 Å². The van der Waals surface area contributed by atoms with Crippen LogP contribution >= 0.6 is 0 Å². The molecule has 0 radical (unpaired) electrons. The van der Waals surface area contributed by atoms with Crippen LogP contribution in [0.25, 0.3) is 0 Å². The predicted octanol–water partition coefficient (Wildman–Crippen LogP) is 4.88. The molecule has 3 aromatic rings. The lowest BCUT2D eigenvalue weighted by Crippen LogP contribution is -2.33. The third kappa shape index (κ3) is 7.84. The largest absolute Gasteiger partial charge is 0.489 e. The molecule has 0 atom stereocenters. The second-order valence-electron chi connectivity index (χ2n) is 7.41. The molecule has 6 nitrogen and oxygen atoms in total. The predicted molar refractivity (Wildman–Crippen MR) is 121 cm³/mol. The molecular formula is C25H23F3N2O4. The molecule has 0 spiro atoms. The van der Waals surface area contributed by atoms with Crippen LogP contribution in [0.1, 0.15) is 21.5 Å². The van der Waals surface area contributed by atoms with Crippen molar-refractivity contribution in [3.63, 3.8) is 0 Å². The standard InChI is InChI=1S/C25H23F3N2O4/c1-17-7-8-19(24(32)29-16-25(26,27)28)13-22(17)30-23(31)15-34-21-11-9-20(10-12-21)33-14-18-5-3-2-4-6-18/h2-13H,14-16H2,1H3,(H,29,32)(H,30,31). The summed E-state index contributed by atoms with van der Waals surface area (Å²) in [6.45, 7) is 0.387. The molecule has 0 aliphatic carbocycles. The van der Waals surface area contributed by atoms with Gasteiger partial charge in [0.25, 0.3) is 11.8 Å². The Labute approximate surface area is 194 Å². The van der Waals surface area contributed by atoms with Gasteiger partial charge in [0.15, 0.2) is 6.61 Å². The van der Waals surface area contributed by atoms with Gasteiger partial charge < -0.3 is 20.1 Å². The van der Waals surface area contributed by atoms with Gasteiger partial charge >= 0.3 is 6.18 Å². The zero-order valence-corrected chi connectivity index (χ0v) is 18.3. The smallest absolute Gasteiger partial charge is 0.405 e. The SMILES string of the molecule is Cc1ccc(C(=O)NCC(F)(F)F)cc1NC(=O)COc1ccc(OCc2ccccc2)cc1. The van der Waals surface area contributed by atoms with Crippen molar-refractivity contribution in [3.8, 4) is 11.5 Å². The van der Waals surface area contributed by atoms with Crippen molar-refractivity contribution < 1.29 is 32.2 Å². The first-order valence-corrected chi connectivity index (χ1v) is 10.3. The van der Waals surface area contributed by atoms with Crippen molar-refractivity contribution in [1.82, 2.24) is 5.32 Å². The number of benzene rings is 3. The molecule has 3 rings (SSSR count). The van der Waals surface area contributed by atoms with Gasteiger partial charge in [0.05, 0.1) is 0 Å². The average molecular weight is 472 g/mol. The summed E-state index contributed by atoms with van der Waals surface area (Å²) >= 11 is 0. The number of aryl methyl sites for hydroxylation is 1. The molecule has 0 fully saturated rings. The van der Waals surface area contributed by atoms with E-state index in [1.165, 1.54) is 18.2 Å². The second kappa shape index (κ2) is 11.2. The Hall–Kier alpha value is -4.01. The quantitative estimate of drug-likeness (QED) is 0.465. The number of rotatable bonds is 9. The van der Waals surface area contributed by atoms with Crippen molar-refractivity contribution in [3.05, 3.63) is 89.5 Å². The van der Waals surface area contributed by atoms with Crippen LogP contribution in [0, 0.1) is 6.92 Å². The molecule has 34 heavy (non-hydrogen) atoms. The maximum absolute atomic E-state index is 12.3. The Kier molecular flexibility index (Phi) is 8.13. The lowest BCUT2D eigenvalue weighted by Gasteiger charge is -2.13. The molecular weight excluding hydrogens is 449 g/mol. The molecule has 0 heterocycles. The van der Waals surface area contributed by atoms with Crippen molar-refractivity contribution in [2.75, 3.05) is 18.5 Å². The van der Waals surface area contributed by atoms with Gasteiger partial charge in [-0.15, -0.1) is 0 Å². The van der Waals surface area contributed by atoms with Crippen LogP contribution < -0.4 is 20.1 Å². The molecule has 0 aliphatic heterocycles. The van der Waals surface area contributed by atoms with E-state index in [9.17, 15) is 22.8 Å². The van der Waals surface area contributed by atoms with Crippen molar-refractivity contribution in [2.24, 2.45) is 0 Å². The summed E-state index contributed by atoms with van der Waals surface area (Å²) in [7, 11) is 0. The summed E-state index contributed by atoms with van der Waals surface area (Å²) in [4.78, 5) is 24.2. The van der Waals surface area contributed by atoms with Gasteiger partial charge in [-0.3, -0.25) is 9.59 Å². The van der Waals surface area contributed by atoms with E-state index in [1.54, 1.807) is 36.5 Å². The highest BCUT2D eigenvalue weighted by molar-refractivity contribution is 5.98. The van der Waals surface area contributed by atoms with Gasteiger partial charge in [-0.2, -0.15) is 13.2 Å². The molecule has 0 saturated carbocycles. The number of halogens is 3. The van der Waals surface area contributed by atoms with E-state index in [4.69, 9.17) is 9.47 Å². The molecule has 0 unspecified atom stereocenters. The van der Waals surface area contributed by atoms with Crippen LogP contribution in [0.4, 0.5) is 18.9 Å². The first-order valence-electron chi connectivity index (χ1n) is 10.3.